The number of halogens is 1. The zero-order valence-corrected chi connectivity index (χ0v) is 12.1. The van der Waals surface area contributed by atoms with Crippen molar-refractivity contribution in [2.45, 2.75) is 31.8 Å². The highest BCUT2D eigenvalue weighted by Gasteiger charge is 2.23. The smallest absolute Gasteiger partial charge is 0.234 e. The molecule has 1 unspecified atom stereocenters. The summed E-state index contributed by atoms with van der Waals surface area (Å²) < 4.78 is 0. The molecule has 1 N–H and O–H groups in total. The Labute approximate surface area is 124 Å². The first-order chi connectivity index (χ1) is 9.70. The van der Waals surface area contributed by atoms with Gasteiger partial charge in [-0.2, -0.15) is 0 Å². The molecule has 0 bridgehead atoms. The van der Waals surface area contributed by atoms with E-state index in [1.165, 1.54) is 0 Å². The van der Waals surface area contributed by atoms with Crippen LogP contribution >= 0.6 is 11.6 Å². The number of rotatable bonds is 5. The van der Waals surface area contributed by atoms with E-state index in [-0.39, 0.29) is 18.5 Å². The molecule has 1 amide bonds. The molecule has 1 aromatic rings. The molecule has 0 aliphatic carbocycles. The van der Waals surface area contributed by atoms with Crippen LogP contribution in [0.3, 0.4) is 0 Å². The minimum atomic E-state index is -0.116. The Morgan fingerprint density at radius 3 is 2.95 bits per heavy atom. The number of nitrogens with zero attached hydrogens (tertiary/aromatic N) is 1. The van der Waals surface area contributed by atoms with Crippen molar-refractivity contribution < 1.29 is 9.59 Å². The highest BCUT2D eigenvalue weighted by molar-refractivity contribution is 6.31. The second-order valence-electron chi connectivity index (χ2n) is 5.04. The molecule has 1 atom stereocenters. The lowest BCUT2D eigenvalue weighted by Crippen LogP contribution is -2.46. The lowest BCUT2D eigenvalue weighted by atomic mass is 10.0. The number of amides is 1. The zero-order valence-electron chi connectivity index (χ0n) is 11.3. The quantitative estimate of drug-likeness (QED) is 0.845. The zero-order chi connectivity index (χ0) is 14.4. The van der Waals surface area contributed by atoms with Crippen molar-refractivity contribution in [2.75, 3.05) is 13.1 Å². The summed E-state index contributed by atoms with van der Waals surface area (Å²) in [5.74, 6) is -0.0707. The first-order valence-electron chi connectivity index (χ1n) is 6.90. The van der Waals surface area contributed by atoms with Crippen molar-refractivity contribution in [2.24, 2.45) is 0 Å². The summed E-state index contributed by atoms with van der Waals surface area (Å²) in [6.07, 6.45) is 3.89. The van der Waals surface area contributed by atoms with Crippen LogP contribution in [0.2, 0.25) is 5.02 Å². The van der Waals surface area contributed by atoms with E-state index in [9.17, 15) is 9.59 Å². The Balaban J connectivity index is 1.83. The number of likely N-dealkylation sites (tertiary alicyclic amines) is 1. The lowest BCUT2D eigenvalue weighted by molar-refractivity contribution is -0.124. The second kappa shape index (κ2) is 7.41. The molecule has 1 fully saturated rings. The van der Waals surface area contributed by atoms with E-state index in [4.69, 9.17) is 11.6 Å². The highest BCUT2D eigenvalue weighted by atomic mass is 35.5. The molecule has 1 heterocycles. The average molecular weight is 295 g/mol. The van der Waals surface area contributed by atoms with E-state index >= 15 is 0 Å². The molecule has 0 saturated carbocycles. The number of piperidine rings is 1. The summed E-state index contributed by atoms with van der Waals surface area (Å²) in [4.78, 5) is 24.9. The van der Waals surface area contributed by atoms with Crippen LogP contribution in [0, 0.1) is 0 Å². The van der Waals surface area contributed by atoms with E-state index < -0.39 is 0 Å². The van der Waals surface area contributed by atoms with Gasteiger partial charge in [0, 0.05) is 11.6 Å². The molecular formula is C15H19ClN2O2. The molecule has 2 rings (SSSR count). The van der Waals surface area contributed by atoms with Crippen LogP contribution in [0.15, 0.2) is 24.3 Å². The molecular weight excluding hydrogens is 276 g/mol. The Morgan fingerprint density at radius 1 is 1.40 bits per heavy atom. The summed E-state index contributed by atoms with van der Waals surface area (Å²) >= 11 is 6.04. The fourth-order valence-electron chi connectivity index (χ4n) is 2.44. The molecule has 1 aliphatic heterocycles. The van der Waals surface area contributed by atoms with E-state index in [0.29, 0.717) is 11.6 Å². The minimum absolute atomic E-state index is 0.0707. The third-order valence-electron chi connectivity index (χ3n) is 3.60. The van der Waals surface area contributed by atoms with Crippen molar-refractivity contribution >= 4 is 23.8 Å². The van der Waals surface area contributed by atoms with Gasteiger partial charge in [-0.15, -0.1) is 0 Å². The molecule has 1 aliphatic rings. The first-order valence-corrected chi connectivity index (χ1v) is 7.28. The van der Waals surface area contributed by atoms with Crippen LogP contribution in [0.5, 0.6) is 0 Å². The van der Waals surface area contributed by atoms with Gasteiger partial charge in [0.2, 0.25) is 5.91 Å². The van der Waals surface area contributed by atoms with Crippen LogP contribution in [0.4, 0.5) is 0 Å². The Hall–Kier alpha value is -1.39. The van der Waals surface area contributed by atoms with Crippen molar-refractivity contribution in [3.05, 3.63) is 34.9 Å². The van der Waals surface area contributed by atoms with Gasteiger partial charge >= 0.3 is 0 Å². The fourth-order valence-corrected chi connectivity index (χ4v) is 2.65. The van der Waals surface area contributed by atoms with Crippen LogP contribution in [-0.4, -0.2) is 36.2 Å². The van der Waals surface area contributed by atoms with Crippen molar-refractivity contribution in [1.82, 2.24) is 10.2 Å². The van der Waals surface area contributed by atoms with Gasteiger partial charge in [0.1, 0.15) is 6.29 Å². The molecule has 0 aromatic heterocycles. The summed E-state index contributed by atoms with van der Waals surface area (Å²) in [6.45, 7) is 1.49. The van der Waals surface area contributed by atoms with Gasteiger partial charge in [0.05, 0.1) is 12.6 Å². The Bertz CT molecular complexity index is 479. The number of hydrogen-bond acceptors (Lipinski definition) is 3. The van der Waals surface area contributed by atoms with E-state index in [0.717, 1.165) is 37.7 Å². The maximum absolute atomic E-state index is 11.9. The molecule has 1 aromatic carbocycles. The molecule has 108 valence electrons. The average Bonchev–Trinajstić information content (AvgIpc) is 2.47. The van der Waals surface area contributed by atoms with Gasteiger partial charge in [0.15, 0.2) is 0 Å². The summed E-state index contributed by atoms with van der Waals surface area (Å²) in [7, 11) is 0. The van der Waals surface area contributed by atoms with E-state index in [1.807, 2.05) is 23.1 Å². The van der Waals surface area contributed by atoms with E-state index in [1.54, 1.807) is 6.07 Å². The number of carbonyl (C=O) groups excluding carboxylic acids is 2. The van der Waals surface area contributed by atoms with Crippen LogP contribution in [0.1, 0.15) is 24.8 Å². The predicted molar refractivity (Wildman–Crippen MR) is 78.6 cm³/mol. The van der Waals surface area contributed by atoms with Gasteiger partial charge in [-0.1, -0.05) is 36.2 Å². The summed E-state index contributed by atoms with van der Waals surface area (Å²) in [5.41, 5.74) is 0.896. The summed E-state index contributed by atoms with van der Waals surface area (Å²) in [5, 5.41) is 3.50. The number of aldehydes is 1. The molecule has 0 spiro atoms. The third-order valence-corrected chi connectivity index (χ3v) is 3.97. The molecule has 4 nitrogen and oxygen atoms in total. The normalized spacial score (nSPS) is 19.6. The molecule has 20 heavy (non-hydrogen) atoms. The maximum Gasteiger partial charge on any atom is 0.234 e. The van der Waals surface area contributed by atoms with Gasteiger partial charge in [0.25, 0.3) is 0 Å². The molecule has 0 radical (unpaired) electrons. The van der Waals surface area contributed by atoms with Crippen molar-refractivity contribution in [3.63, 3.8) is 0 Å². The molecule has 1 saturated heterocycles. The standard InChI is InChI=1S/C15H19ClN2O2/c16-14-7-2-1-5-12(14)9-17-15(20)10-18-8-4-3-6-13(18)11-19/h1-2,5,7,11,13H,3-4,6,8-10H2,(H,17,20). The van der Waals surface area contributed by atoms with Gasteiger partial charge < -0.3 is 10.1 Å². The monoisotopic (exact) mass is 294 g/mol. The largest absolute Gasteiger partial charge is 0.351 e. The second-order valence-corrected chi connectivity index (χ2v) is 5.45. The number of nitrogens with one attached hydrogen (secondary N) is 1. The van der Waals surface area contributed by atoms with E-state index in [2.05, 4.69) is 5.32 Å². The topological polar surface area (TPSA) is 49.4 Å². The Morgan fingerprint density at radius 2 is 2.20 bits per heavy atom. The fraction of sp³-hybridized carbons (Fsp3) is 0.467. The first kappa shape index (κ1) is 15.0. The predicted octanol–water partition coefficient (Wildman–Crippen LogP) is 2.01. The summed E-state index contributed by atoms with van der Waals surface area (Å²) in [6, 6.07) is 7.32. The third kappa shape index (κ3) is 4.05. The SMILES string of the molecule is O=CC1CCCCN1CC(=O)NCc1ccccc1Cl. The minimum Gasteiger partial charge on any atom is -0.351 e. The Kier molecular flexibility index (Phi) is 5.56. The van der Waals surface area contributed by atoms with Crippen LogP contribution in [0.25, 0.3) is 0 Å². The number of carbonyl (C=O) groups is 2. The van der Waals surface area contributed by atoms with Crippen molar-refractivity contribution in [1.29, 1.82) is 0 Å². The van der Waals surface area contributed by atoms with Crippen LogP contribution < -0.4 is 5.32 Å². The molecule has 5 heteroatoms. The van der Waals surface area contributed by atoms with Crippen molar-refractivity contribution in [3.8, 4) is 0 Å². The number of benzene rings is 1. The van der Waals surface area contributed by atoms with Crippen LogP contribution in [-0.2, 0) is 16.1 Å². The lowest BCUT2D eigenvalue weighted by Gasteiger charge is -2.31. The highest BCUT2D eigenvalue weighted by Crippen LogP contribution is 2.16. The van der Waals surface area contributed by atoms with Gasteiger partial charge in [-0.05, 0) is 31.0 Å². The van der Waals surface area contributed by atoms with Gasteiger partial charge in [-0.3, -0.25) is 9.69 Å². The van der Waals surface area contributed by atoms with Gasteiger partial charge in [-0.25, -0.2) is 0 Å². The maximum atomic E-state index is 11.9. The number of hydrogen-bond donors (Lipinski definition) is 1.